The van der Waals surface area contributed by atoms with Gasteiger partial charge in [0.05, 0.1) is 12.8 Å². The van der Waals surface area contributed by atoms with E-state index in [-0.39, 0.29) is 22.9 Å². The Balaban J connectivity index is 0.00000225. The van der Waals surface area contributed by atoms with Gasteiger partial charge in [0.1, 0.15) is 5.75 Å². The second-order valence-electron chi connectivity index (χ2n) is 5.43. The van der Waals surface area contributed by atoms with E-state index in [1.165, 1.54) is 5.56 Å². The second kappa shape index (κ2) is 8.99. The minimum Gasteiger partial charge on any atom is -1.00 e. The smallest absolute Gasteiger partial charge is 0.255 e. The molecule has 0 aliphatic carbocycles. The van der Waals surface area contributed by atoms with Gasteiger partial charge < -0.3 is 27.0 Å². The maximum absolute atomic E-state index is 12.2. The van der Waals surface area contributed by atoms with Crippen molar-refractivity contribution in [3.05, 3.63) is 90.3 Å². The van der Waals surface area contributed by atoms with Crippen LogP contribution in [0.5, 0.6) is 5.75 Å². The van der Waals surface area contributed by atoms with E-state index in [0.717, 1.165) is 18.0 Å². The number of carbonyl (C=O) groups is 1. The monoisotopic (exact) mass is 398 g/mol. The van der Waals surface area contributed by atoms with E-state index in [1.54, 1.807) is 31.4 Å². The molecule has 0 bridgehead atoms. The largest absolute Gasteiger partial charge is 1.00 e. The molecular weight excluding hydrogens is 380 g/mol. The van der Waals surface area contributed by atoms with E-state index in [0.29, 0.717) is 5.56 Å². The SMILES string of the molecule is COc1ccc(C(=O)Nc2cc[n+](Cc3ccccc3)cc2)cc1.[Br-]. The number of aromatic nitrogens is 1. The van der Waals surface area contributed by atoms with E-state index in [9.17, 15) is 4.79 Å². The van der Waals surface area contributed by atoms with Crippen molar-refractivity contribution in [2.75, 3.05) is 12.4 Å². The van der Waals surface area contributed by atoms with Crippen LogP contribution in [-0.4, -0.2) is 13.0 Å². The van der Waals surface area contributed by atoms with Gasteiger partial charge in [-0.15, -0.1) is 0 Å². The molecule has 0 aliphatic rings. The highest BCUT2D eigenvalue weighted by Crippen LogP contribution is 2.13. The first-order valence-corrected chi connectivity index (χ1v) is 7.73. The topological polar surface area (TPSA) is 42.2 Å². The molecule has 1 amide bonds. The molecule has 0 radical (unpaired) electrons. The number of amides is 1. The summed E-state index contributed by atoms with van der Waals surface area (Å²) in [5, 5.41) is 2.89. The molecule has 1 heterocycles. The average molecular weight is 399 g/mol. The molecule has 0 spiro atoms. The quantitative estimate of drug-likeness (QED) is 0.627. The summed E-state index contributed by atoms with van der Waals surface area (Å²) < 4.78 is 7.16. The molecule has 4 nitrogen and oxygen atoms in total. The van der Waals surface area contributed by atoms with Crippen LogP contribution in [-0.2, 0) is 6.54 Å². The summed E-state index contributed by atoms with van der Waals surface area (Å²) in [4.78, 5) is 12.2. The third kappa shape index (κ3) is 5.16. The van der Waals surface area contributed by atoms with Crippen molar-refractivity contribution in [1.29, 1.82) is 0 Å². The molecule has 0 aliphatic heterocycles. The van der Waals surface area contributed by atoms with Gasteiger partial charge in [0.2, 0.25) is 0 Å². The highest BCUT2D eigenvalue weighted by Gasteiger charge is 2.08. The predicted octanol–water partition coefficient (Wildman–Crippen LogP) is 0.287. The zero-order valence-electron chi connectivity index (χ0n) is 13.9. The second-order valence-corrected chi connectivity index (χ2v) is 5.43. The standard InChI is InChI=1S/C20H18N2O2.BrH/c1-24-19-9-7-17(8-10-19)20(23)21-18-11-13-22(14-12-18)15-16-5-3-2-4-6-16;/h2-14H,15H2,1H3;1H. The van der Waals surface area contributed by atoms with E-state index in [2.05, 4.69) is 22.0 Å². The van der Waals surface area contributed by atoms with Gasteiger partial charge in [-0.2, -0.15) is 0 Å². The Bertz CT molecular complexity index is 803. The van der Waals surface area contributed by atoms with Crippen molar-refractivity contribution in [2.24, 2.45) is 0 Å². The van der Waals surface area contributed by atoms with Crippen molar-refractivity contribution in [3.63, 3.8) is 0 Å². The summed E-state index contributed by atoms with van der Waals surface area (Å²) in [6, 6.07) is 21.1. The molecule has 0 atom stereocenters. The summed E-state index contributed by atoms with van der Waals surface area (Å²) in [6.45, 7) is 0.799. The summed E-state index contributed by atoms with van der Waals surface area (Å²) in [7, 11) is 1.60. The van der Waals surface area contributed by atoms with Crippen LogP contribution in [0.2, 0.25) is 0 Å². The van der Waals surface area contributed by atoms with Crippen LogP contribution in [0.25, 0.3) is 0 Å². The van der Waals surface area contributed by atoms with Crippen LogP contribution in [0.1, 0.15) is 15.9 Å². The number of carbonyl (C=O) groups excluding carboxylic acids is 1. The van der Waals surface area contributed by atoms with Gasteiger partial charge in [-0.1, -0.05) is 30.3 Å². The fraction of sp³-hybridized carbons (Fsp3) is 0.100. The number of nitrogens with zero attached hydrogens (tertiary/aromatic N) is 1. The summed E-state index contributed by atoms with van der Waals surface area (Å²) in [5.74, 6) is 0.590. The van der Waals surface area contributed by atoms with Crippen molar-refractivity contribution < 1.29 is 31.1 Å². The highest BCUT2D eigenvalue weighted by molar-refractivity contribution is 6.04. The molecular formula is C20H19BrN2O2. The number of methoxy groups -OCH3 is 1. The van der Waals surface area contributed by atoms with Crippen LogP contribution < -0.4 is 31.6 Å². The molecule has 128 valence electrons. The van der Waals surface area contributed by atoms with Crippen LogP contribution in [0.15, 0.2) is 79.1 Å². The number of hydrogen-bond acceptors (Lipinski definition) is 2. The lowest BCUT2D eigenvalue weighted by molar-refractivity contribution is -0.688. The Kier molecular flexibility index (Phi) is 6.71. The normalized spacial score (nSPS) is 9.80. The molecule has 1 N–H and O–H groups in total. The van der Waals surface area contributed by atoms with Gasteiger partial charge in [0.25, 0.3) is 5.91 Å². The first kappa shape index (κ1) is 18.7. The fourth-order valence-corrected chi connectivity index (χ4v) is 2.39. The number of hydrogen-bond donors (Lipinski definition) is 1. The van der Waals surface area contributed by atoms with Gasteiger partial charge in [-0.25, -0.2) is 4.57 Å². The number of rotatable bonds is 5. The van der Waals surface area contributed by atoms with Gasteiger partial charge in [-0.3, -0.25) is 4.79 Å². The highest BCUT2D eigenvalue weighted by atomic mass is 79.9. The lowest BCUT2D eigenvalue weighted by Crippen LogP contribution is -3.00. The van der Waals surface area contributed by atoms with Crippen LogP contribution in [0, 0.1) is 0 Å². The average Bonchev–Trinajstić information content (AvgIpc) is 2.64. The number of nitrogens with one attached hydrogen (secondary N) is 1. The maximum Gasteiger partial charge on any atom is 0.255 e. The first-order valence-electron chi connectivity index (χ1n) is 7.73. The molecule has 2 aromatic carbocycles. The first-order chi connectivity index (χ1) is 11.7. The Hall–Kier alpha value is -2.66. The van der Waals surface area contributed by atoms with E-state index in [1.807, 2.05) is 42.7 Å². The molecule has 5 heteroatoms. The Labute approximate surface area is 157 Å². The summed E-state index contributed by atoms with van der Waals surface area (Å²) in [6.07, 6.45) is 3.91. The molecule has 3 aromatic rings. The third-order valence-corrected chi connectivity index (χ3v) is 3.71. The molecule has 0 unspecified atom stereocenters. The van der Waals surface area contributed by atoms with Crippen molar-refractivity contribution >= 4 is 11.6 Å². The number of ether oxygens (including phenoxy) is 1. The number of pyridine rings is 1. The number of halogens is 1. The molecule has 25 heavy (non-hydrogen) atoms. The van der Waals surface area contributed by atoms with Crippen LogP contribution >= 0.6 is 0 Å². The fourth-order valence-electron chi connectivity index (χ4n) is 2.39. The number of benzene rings is 2. The molecule has 1 aromatic heterocycles. The molecule has 0 fully saturated rings. The minimum absolute atomic E-state index is 0. The minimum atomic E-state index is -0.140. The van der Waals surface area contributed by atoms with Crippen molar-refractivity contribution in [1.82, 2.24) is 0 Å². The van der Waals surface area contributed by atoms with E-state index >= 15 is 0 Å². The van der Waals surface area contributed by atoms with Crippen molar-refractivity contribution in [3.8, 4) is 5.75 Å². The zero-order valence-corrected chi connectivity index (χ0v) is 15.4. The number of anilines is 1. The third-order valence-electron chi connectivity index (χ3n) is 3.71. The van der Waals surface area contributed by atoms with Gasteiger partial charge in [0, 0.05) is 23.3 Å². The van der Waals surface area contributed by atoms with Gasteiger partial charge in [0.15, 0.2) is 18.9 Å². The van der Waals surface area contributed by atoms with E-state index < -0.39 is 0 Å². The maximum atomic E-state index is 12.2. The molecule has 3 rings (SSSR count). The van der Waals surface area contributed by atoms with Gasteiger partial charge in [-0.05, 0) is 24.3 Å². The lowest BCUT2D eigenvalue weighted by atomic mass is 10.2. The van der Waals surface area contributed by atoms with E-state index in [4.69, 9.17) is 4.74 Å². The van der Waals surface area contributed by atoms with Crippen LogP contribution in [0.4, 0.5) is 5.69 Å². The van der Waals surface area contributed by atoms with Crippen LogP contribution in [0.3, 0.4) is 0 Å². The predicted molar refractivity (Wildman–Crippen MR) is 93.1 cm³/mol. The molecule has 0 saturated heterocycles. The Morgan fingerprint density at radius 3 is 2.20 bits per heavy atom. The summed E-state index contributed by atoms with van der Waals surface area (Å²) in [5.41, 5.74) is 2.59. The zero-order chi connectivity index (χ0) is 16.8. The lowest BCUT2D eigenvalue weighted by Gasteiger charge is -2.06. The Morgan fingerprint density at radius 1 is 0.960 bits per heavy atom. The summed E-state index contributed by atoms with van der Waals surface area (Å²) >= 11 is 0. The van der Waals surface area contributed by atoms with Gasteiger partial charge >= 0.3 is 0 Å². The molecule has 0 saturated carbocycles. The van der Waals surface area contributed by atoms with Crippen molar-refractivity contribution in [2.45, 2.75) is 6.54 Å². The Morgan fingerprint density at radius 2 is 1.60 bits per heavy atom.